The minimum absolute atomic E-state index is 0.231. The summed E-state index contributed by atoms with van der Waals surface area (Å²) in [6.45, 7) is 8.38. The molecule has 0 fully saturated rings. The molecular weight excluding hydrogens is 148 g/mol. The van der Waals surface area contributed by atoms with Gasteiger partial charge in [0, 0.05) is 5.92 Å². The van der Waals surface area contributed by atoms with Gasteiger partial charge in [-0.2, -0.15) is 0 Å². The van der Waals surface area contributed by atoms with Gasteiger partial charge in [0.05, 0.1) is 0 Å². The second-order valence-corrected chi connectivity index (χ2v) is 4.18. The van der Waals surface area contributed by atoms with Crippen LogP contribution in [0.1, 0.15) is 34.1 Å². The van der Waals surface area contributed by atoms with Crippen molar-refractivity contribution in [2.45, 2.75) is 34.1 Å². The fourth-order valence-corrected chi connectivity index (χ4v) is 2.02. The summed E-state index contributed by atoms with van der Waals surface area (Å²) >= 11 is 0. The van der Waals surface area contributed by atoms with Gasteiger partial charge in [0.15, 0.2) is 5.78 Å². The van der Waals surface area contributed by atoms with E-state index in [2.05, 4.69) is 26.8 Å². The molecule has 0 unspecified atom stereocenters. The van der Waals surface area contributed by atoms with Crippen molar-refractivity contribution in [3.05, 3.63) is 11.6 Å². The van der Waals surface area contributed by atoms with Crippen molar-refractivity contribution in [3.63, 3.8) is 0 Å². The third-order valence-electron chi connectivity index (χ3n) is 3.00. The summed E-state index contributed by atoms with van der Waals surface area (Å²) < 4.78 is 0. The molecule has 68 valence electrons. The quantitative estimate of drug-likeness (QED) is 0.585. The fourth-order valence-electron chi connectivity index (χ4n) is 2.02. The van der Waals surface area contributed by atoms with Gasteiger partial charge in [-0.25, -0.2) is 0 Å². The van der Waals surface area contributed by atoms with Gasteiger partial charge in [0.1, 0.15) is 0 Å². The molecule has 0 N–H and O–H groups in total. The van der Waals surface area contributed by atoms with E-state index in [0.717, 1.165) is 12.0 Å². The third-order valence-corrected chi connectivity index (χ3v) is 3.00. The van der Waals surface area contributed by atoms with E-state index in [1.165, 1.54) is 0 Å². The van der Waals surface area contributed by atoms with Gasteiger partial charge in [0.25, 0.3) is 0 Å². The molecule has 0 saturated carbocycles. The zero-order valence-corrected chi connectivity index (χ0v) is 8.42. The van der Waals surface area contributed by atoms with Crippen molar-refractivity contribution >= 4 is 5.78 Å². The first-order valence-electron chi connectivity index (χ1n) is 4.75. The molecule has 2 atom stereocenters. The standard InChI is InChI=1S/C11H18O/c1-7(2)10-6-5-8(3)11(12)9(10)4/h5,7,9-10H,6H2,1-4H3/t9-,10-/m0/s1. The van der Waals surface area contributed by atoms with Crippen LogP contribution in [-0.2, 0) is 4.79 Å². The molecule has 0 amide bonds. The Kier molecular flexibility index (Phi) is 2.71. The summed E-state index contributed by atoms with van der Waals surface area (Å²) in [4.78, 5) is 11.6. The van der Waals surface area contributed by atoms with Gasteiger partial charge in [-0.05, 0) is 30.8 Å². The van der Waals surface area contributed by atoms with Gasteiger partial charge < -0.3 is 0 Å². The first kappa shape index (κ1) is 9.50. The lowest BCUT2D eigenvalue weighted by Crippen LogP contribution is -2.28. The number of ketones is 1. The largest absolute Gasteiger partial charge is 0.294 e. The molecule has 0 saturated heterocycles. The lowest BCUT2D eigenvalue weighted by atomic mass is 9.74. The molecule has 1 heteroatoms. The lowest BCUT2D eigenvalue weighted by molar-refractivity contribution is -0.121. The Morgan fingerprint density at radius 2 is 2.08 bits per heavy atom. The molecule has 1 aliphatic carbocycles. The Morgan fingerprint density at radius 3 is 2.58 bits per heavy atom. The van der Waals surface area contributed by atoms with Gasteiger partial charge in [-0.15, -0.1) is 0 Å². The fraction of sp³-hybridized carbons (Fsp3) is 0.727. The van der Waals surface area contributed by atoms with Crippen LogP contribution >= 0.6 is 0 Å². The molecule has 0 aliphatic heterocycles. The van der Waals surface area contributed by atoms with E-state index in [9.17, 15) is 4.79 Å². The normalized spacial score (nSPS) is 30.8. The van der Waals surface area contributed by atoms with Gasteiger partial charge in [-0.3, -0.25) is 4.79 Å². The highest BCUT2D eigenvalue weighted by Gasteiger charge is 2.29. The monoisotopic (exact) mass is 166 g/mol. The Balaban J connectivity index is 2.80. The van der Waals surface area contributed by atoms with Crippen LogP contribution in [0.15, 0.2) is 11.6 Å². The van der Waals surface area contributed by atoms with Crippen LogP contribution < -0.4 is 0 Å². The highest BCUT2D eigenvalue weighted by molar-refractivity contribution is 5.97. The van der Waals surface area contributed by atoms with Crippen LogP contribution in [0.3, 0.4) is 0 Å². The minimum Gasteiger partial charge on any atom is -0.294 e. The number of hydrogen-bond acceptors (Lipinski definition) is 1. The van der Waals surface area contributed by atoms with Crippen molar-refractivity contribution < 1.29 is 4.79 Å². The van der Waals surface area contributed by atoms with Gasteiger partial charge in [-0.1, -0.05) is 26.8 Å². The van der Waals surface area contributed by atoms with E-state index in [0.29, 0.717) is 17.6 Å². The number of rotatable bonds is 1. The highest BCUT2D eigenvalue weighted by atomic mass is 16.1. The predicted molar refractivity (Wildman–Crippen MR) is 50.9 cm³/mol. The molecule has 12 heavy (non-hydrogen) atoms. The number of Topliss-reactive ketones (excluding diaryl/α,β-unsaturated/α-hetero) is 1. The highest BCUT2D eigenvalue weighted by Crippen LogP contribution is 2.31. The van der Waals surface area contributed by atoms with Crippen LogP contribution in [0.4, 0.5) is 0 Å². The molecule has 0 radical (unpaired) electrons. The zero-order valence-electron chi connectivity index (χ0n) is 8.42. The van der Waals surface area contributed by atoms with E-state index < -0.39 is 0 Å². The average Bonchev–Trinajstić information content (AvgIpc) is 2.00. The number of carbonyl (C=O) groups excluding carboxylic acids is 1. The minimum atomic E-state index is 0.231. The maximum Gasteiger partial charge on any atom is 0.161 e. The van der Waals surface area contributed by atoms with E-state index in [1.807, 2.05) is 6.92 Å². The molecule has 0 bridgehead atoms. The van der Waals surface area contributed by atoms with Crippen molar-refractivity contribution in [3.8, 4) is 0 Å². The summed E-state index contributed by atoms with van der Waals surface area (Å²) in [5, 5.41) is 0. The average molecular weight is 166 g/mol. The summed E-state index contributed by atoms with van der Waals surface area (Å²) in [5.74, 6) is 1.75. The van der Waals surface area contributed by atoms with E-state index in [4.69, 9.17) is 0 Å². The molecule has 1 aliphatic rings. The SMILES string of the molecule is CC1=CC[C@@H](C(C)C)[C@H](C)C1=O. The topological polar surface area (TPSA) is 17.1 Å². The van der Waals surface area contributed by atoms with E-state index in [-0.39, 0.29) is 5.92 Å². The smallest absolute Gasteiger partial charge is 0.161 e. The summed E-state index contributed by atoms with van der Waals surface area (Å²) in [5.41, 5.74) is 0.958. The van der Waals surface area contributed by atoms with Crippen molar-refractivity contribution in [1.29, 1.82) is 0 Å². The summed E-state index contributed by atoms with van der Waals surface area (Å²) in [7, 11) is 0. The van der Waals surface area contributed by atoms with Crippen molar-refractivity contribution in [1.82, 2.24) is 0 Å². The van der Waals surface area contributed by atoms with Crippen LogP contribution in [0, 0.1) is 17.8 Å². The number of carbonyl (C=O) groups is 1. The Labute approximate surface area is 74.9 Å². The molecule has 1 rings (SSSR count). The maximum absolute atomic E-state index is 11.6. The van der Waals surface area contributed by atoms with E-state index >= 15 is 0 Å². The van der Waals surface area contributed by atoms with Gasteiger partial charge >= 0.3 is 0 Å². The first-order chi connectivity index (χ1) is 5.54. The Bertz CT molecular complexity index is 213. The second-order valence-electron chi connectivity index (χ2n) is 4.18. The predicted octanol–water partition coefficient (Wildman–Crippen LogP) is 2.81. The zero-order chi connectivity index (χ0) is 9.30. The molecular formula is C11H18O. The Hall–Kier alpha value is -0.590. The molecule has 0 spiro atoms. The van der Waals surface area contributed by atoms with Gasteiger partial charge in [0.2, 0.25) is 0 Å². The second kappa shape index (κ2) is 3.42. The van der Waals surface area contributed by atoms with Crippen LogP contribution in [-0.4, -0.2) is 5.78 Å². The maximum atomic E-state index is 11.6. The number of hydrogen-bond donors (Lipinski definition) is 0. The molecule has 0 aromatic heterocycles. The first-order valence-corrected chi connectivity index (χ1v) is 4.75. The molecule has 0 aromatic carbocycles. The van der Waals surface area contributed by atoms with Crippen LogP contribution in [0.25, 0.3) is 0 Å². The van der Waals surface area contributed by atoms with Crippen LogP contribution in [0.2, 0.25) is 0 Å². The van der Waals surface area contributed by atoms with Crippen LogP contribution in [0.5, 0.6) is 0 Å². The number of allylic oxidation sites excluding steroid dienone is 2. The molecule has 0 heterocycles. The summed E-state index contributed by atoms with van der Waals surface area (Å²) in [6, 6.07) is 0. The molecule has 1 nitrogen and oxygen atoms in total. The Morgan fingerprint density at radius 1 is 1.50 bits per heavy atom. The molecule has 0 aromatic rings. The lowest BCUT2D eigenvalue weighted by Gasteiger charge is -2.29. The third kappa shape index (κ3) is 1.60. The van der Waals surface area contributed by atoms with E-state index in [1.54, 1.807) is 0 Å². The van der Waals surface area contributed by atoms with Crippen molar-refractivity contribution in [2.24, 2.45) is 17.8 Å². The summed E-state index contributed by atoms with van der Waals surface area (Å²) in [6.07, 6.45) is 3.17. The van der Waals surface area contributed by atoms with Crippen molar-refractivity contribution in [2.75, 3.05) is 0 Å².